The van der Waals surface area contributed by atoms with Gasteiger partial charge in [0.2, 0.25) is 0 Å². The van der Waals surface area contributed by atoms with E-state index < -0.39 is 8.07 Å². The molecule has 0 spiro atoms. The zero-order chi connectivity index (χ0) is 18.2. The Morgan fingerprint density at radius 2 is 1.72 bits per heavy atom. The maximum atomic E-state index is 6.01. The molecule has 1 saturated carbocycles. The van der Waals surface area contributed by atoms with Gasteiger partial charge in [0, 0.05) is 19.1 Å². The van der Waals surface area contributed by atoms with E-state index in [4.69, 9.17) is 9.47 Å². The summed E-state index contributed by atoms with van der Waals surface area (Å²) in [7, 11) is 0.432. The summed E-state index contributed by atoms with van der Waals surface area (Å²) in [6.45, 7) is 9.65. The summed E-state index contributed by atoms with van der Waals surface area (Å²) < 4.78 is 11.8. The van der Waals surface area contributed by atoms with Crippen LogP contribution in [-0.2, 0) is 9.47 Å². The Balaban J connectivity index is 2.15. The zero-order valence-electron chi connectivity index (χ0n) is 16.9. The number of rotatable bonds is 10. The monoisotopic (exact) mass is 362 g/mol. The molecule has 25 heavy (non-hydrogen) atoms. The second-order valence-electron chi connectivity index (χ2n) is 8.52. The molecule has 0 aromatic heterocycles. The number of ether oxygens (including phenoxy) is 2. The maximum absolute atomic E-state index is 6.01. The molecule has 0 saturated heterocycles. The van der Waals surface area contributed by atoms with Crippen LogP contribution < -0.4 is 5.19 Å². The van der Waals surface area contributed by atoms with Crippen LogP contribution in [0, 0.1) is 11.3 Å². The second kappa shape index (κ2) is 9.89. The predicted octanol–water partition coefficient (Wildman–Crippen LogP) is 5.24. The van der Waals surface area contributed by atoms with Gasteiger partial charge in [0.05, 0.1) is 21.3 Å². The van der Waals surface area contributed by atoms with E-state index in [0.29, 0.717) is 0 Å². The minimum atomic E-state index is -1.43. The molecule has 1 aromatic carbocycles. The Labute approximate surface area is 156 Å². The highest BCUT2D eigenvalue weighted by Gasteiger charge is 2.41. The minimum Gasteiger partial charge on any atom is -0.384 e. The van der Waals surface area contributed by atoms with Crippen LogP contribution in [0.3, 0.4) is 0 Å². The van der Waals surface area contributed by atoms with Crippen molar-refractivity contribution >= 4 is 13.3 Å². The van der Waals surface area contributed by atoms with Crippen LogP contribution in [0.15, 0.2) is 30.3 Å². The molecule has 1 aromatic rings. The van der Waals surface area contributed by atoms with E-state index in [1.165, 1.54) is 44.6 Å². The summed E-state index contributed by atoms with van der Waals surface area (Å²) in [4.78, 5) is 0. The Bertz CT molecular complexity index is 482. The van der Waals surface area contributed by atoms with Crippen molar-refractivity contribution in [3.8, 4) is 0 Å². The van der Waals surface area contributed by atoms with Gasteiger partial charge in [-0.25, -0.2) is 0 Å². The third-order valence-corrected chi connectivity index (χ3v) is 9.70. The standard InChI is InChI=1S/C22H38O2Si/c1-5-24-19-22(18-23-2,20-12-8-6-9-13-20)16-17-25(3,4)21-14-10-7-11-15-21/h7,10-11,14-15,20H,5-6,8-9,12-13,16-19H2,1-4H3. The molecule has 0 bridgehead atoms. The van der Waals surface area contributed by atoms with E-state index in [0.717, 1.165) is 25.7 Å². The molecule has 0 radical (unpaired) electrons. The van der Waals surface area contributed by atoms with Crippen LogP contribution in [0.5, 0.6) is 0 Å². The molecule has 1 unspecified atom stereocenters. The SMILES string of the molecule is CCOCC(CC[Si](C)(C)c1ccccc1)(COC)C1CCCCC1. The molecule has 1 aliphatic carbocycles. The summed E-state index contributed by atoms with van der Waals surface area (Å²) in [5.41, 5.74) is 0.199. The van der Waals surface area contributed by atoms with E-state index in [1.54, 1.807) is 5.19 Å². The molecule has 1 aliphatic rings. The van der Waals surface area contributed by atoms with Crippen molar-refractivity contribution in [1.29, 1.82) is 0 Å². The van der Waals surface area contributed by atoms with Crippen LogP contribution in [0.2, 0.25) is 19.1 Å². The number of benzene rings is 1. The Hall–Kier alpha value is -0.643. The van der Waals surface area contributed by atoms with Crippen molar-refractivity contribution in [1.82, 2.24) is 0 Å². The third kappa shape index (κ3) is 5.67. The van der Waals surface area contributed by atoms with Crippen LogP contribution >= 0.6 is 0 Å². The molecule has 0 amide bonds. The molecule has 2 rings (SSSR count). The van der Waals surface area contributed by atoms with Crippen molar-refractivity contribution in [3.63, 3.8) is 0 Å². The molecule has 3 heteroatoms. The van der Waals surface area contributed by atoms with Crippen LogP contribution in [-0.4, -0.2) is 35.0 Å². The second-order valence-corrected chi connectivity index (χ2v) is 13.4. The average Bonchev–Trinajstić information content (AvgIpc) is 2.65. The van der Waals surface area contributed by atoms with Crippen LogP contribution in [0.1, 0.15) is 45.4 Å². The van der Waals surface area contributed by atoms with Crippen molar-refractivity contribution in [3.05, 3.63) is 30.3 Å². The molecule has 1 atom stereocenters. The number of hydrogen-bond acceptors (Lipinski definition) is 2. The fourth-order valence-corrected chi connectivity index (χ4v) is 7.04. The third-order valence-electron chi connectivity index (χ3n) is 6.30. The Kier molecular flexibility index (Phi) is 8.18. The van der Waals surface area contributed by atoms with Gasteiger partial charge in [-0.2, -0.15) is 0 Å². The molecule has 0 heterocycles. The smallest absolute Gasteiger partial charge is 0.0806 e. The molecule has 1 fully saturated rings. The van der Waals surface area contributed by atoms with E-state index in [2.05, 4.69) is 50.3 Å². The lowest BCUT2D eigenvalue weighted by Gasteiger charge is -2.43. The summed E-state index contributed by atoms with van der Waals surface area (Å²) in [6, 6.07) is 12.5. The van der Waals surface area contributed by atoms with E-state index in [1.807, 2.05) is 7.11 Å². The van der Waals surface area contributed by atoms with E-state index in [9.17, 15) is 0 Å². The Morgan fingerprint density at radius 1 is 1.04 bits per heavy atom. The molecule has 142 valence electrons. The van der Waals surface area contributed by atoms with Gasteiger partial charge < -0.3 is 9.47 Å². The molecule has 0 N–H and O–H groups in total. The van der Waals surface area contributed by atoms with Crippen molar-refractivity contribution < 1.29 is 9.47 Å². The predicted molar refractivity (Wildman–Crippen MR) is 110 cm³/mol. The molecular weight excluding hydrogens is 324 g/mol. The molecule has 0 aliphatic heterocycles. The normalized spacial score (nSPS) is 18.9. The zero-order valence-corrected chi connectivity index (χ0v) is 17.9. The fourth-order valence-electron chi connectivity index (χ4n) is 4.53. The highest BCUT2D eigenvalue weighted by atomic mass is 28.3. The van der Waals surface area contributed by atoms with Crippen molar-refractivity contribution in [2.75, 3.05) is 26.9 Å². The highest BCUT2D eigenvalue weighted by molar-refractivity contribution is 6.89. The average molecular weight is 363 g/mol. The van der Waals surface area contributed by atoms with Crippen LogP contribution in [0.25, 0.3) is 0 Å². The van der Waals surface area contributed by atoms with Gasteiger partial charge in [-0.1, -0.05) is 73.9 Å². The highest BCUT2D eigenvalue weighted by Crippen LogP contribution is 2.43. The number of methoxy groups -OCH3 is 1. The van der Waals surface area contributed by atoms with Crippen LogP contribution in [0.4, 0.5) is 0 Å². The first-order valence-electron chi connectivity index (χ1n) is 10.2. The molecule has 2 nitrogen and oxygen atoms in total. The van der Waals surface area contributed by atoms with E-state index >= 15 is 0 Å². The maximum Gasteiger partial charge on any atom is 0.0806 e. The van der Waals surface area contributed by atoms with Gasteiger partial charge in [0.1, 0.15) is 0 Å². The fraction of sp³-hybridized carbons (Fsp3) is 0.727. The summed E-state index contributed by atoms with van der Waals surface area (Å²) >= 11 is 0. The lowest BCUT2D eigenvalue weighted by atomic mass is 9.68. The summed E-state index contributed by atoms with van der Waals surface area (Å²) in [5, 5.41) is 1.57. The summed E-state index contributed by atoms with van der Waals surface area (Å²) in [5.74, 6) is 0.758. The summed E-state index contributed by atoms with van der Waals surface area (Å²) in [6.07, 6.45) is 8.09. The largest absolute Gasteiger partial charge is 0.384 e. The first kappa shape index (κ1) is 20.7. The first-order chi connectivity index (χ1) is 12.0. The Morgan fingerprint density at radius 3 is 2.32 bits per heavy atom. The topological polar surface area (TPSA) is 18.5 Å². The lowest BCUT2D eigenvalue weighted by molar-refractivity contribution is -0.0536. The van der Waals surface area contributed by atoms with Gasteiger partial charge in [-0.05, 0) is 32.1 Å². The van der Waals surface area contributed by atoms with Crippen molar-refractivity contribution in [2.24, 2.45) is 11.3 Å². The number of hydrogen-bond donors (Lipinski definition) is 0. The van der Waals surface area contributed by atoms with E-state index in [-0.39, 0.29) is 5.41 Å². The van der Waals surface area contributed by atoms with Gasteiger partial charge in [-0.3, -0.25) is 0 Å². The molecular formula is C22H38O2Si. The minimum absolute atomic E-state index is 0.199. The van der Waals surface area contributed by atoms with Gasteiger partial charge >= 0.3 is 0 Å². The van der Waals surface area contributed by atoms with Gasteiger partial charge in [-0.15, -0.1) is 0 Å². The van der Waals surface area contributed by atoms with Crippen molar-refractivity contribution in [2.45, 2.75) is 64.6 Å². The van der Waals surface area contributed by atoms with Gasteiger partial charge in [0.25, 0.3) is 0 Å². The quantitative estimate of drug-likeness (QED) is 0.530. The lowest BCUT2D eigenvalue weighted by Crippen LogP contribution is -2.46. The van der Waals surface area contributed by atoms with Gasteiger partial charge in [0.15, 0.2) is 0 Å². The first-order valence-corrected chi connectivity index (χ1v) is 13.4.